The summed E-state index contributed by atoms with van der Waals surface area (Å²) in [5.41, 5.74) is 3.11. The molecule has 0 amide bonds. The number of hydrogen-bond acceptors (Lipinski definition) is 3. The molecule has 1 aromatic carbocycles. The molecular weight excluding hydrogens is 444 g/mol. The van der Waals surface area contributed by atoms with E-state index in [-0.39, 0.29) is 12.2 Å². The quantitative estimate of drug-likeness (QED) is 0.395. The van der Waals surface area contributed by atoms with Gasteiger partial charge in [0.15, 0.2) is 0 Å². The lowest BCUT2D eigenvalue weighted by molar-refractivity contribution is -0.138. The van der Waals surface area contributed by atoms with Gasteiger partial charge < -0.3 is 4.74 Å². The molecule has 0 aliphatic heterocycles. The van der Waals surface area contributed by atoms with Gasteiger partial charge in [0.2, 0.25) is 5.88 Å². The van der Waals surface area contributed by atoms with Crippen molar-refractivity contribution in [2.75, 3.05) is 0 Å². The van der Waals surface area contributed by atoms with Crippen LogP contribution in [-0.2, 0) is 31.0 Å². The molecule has 3 aromatic rings. The highest BCUT2D eigenvalue weighted by Gasteiger charge is 2.43. The lowest BCUT2D eigenvalue weighted by Crippen LogP contribution is -2.15. The van der Waals surface area contributed by atoms with Crippen molar-refractivity contribution in [1.82, 2.24) is 9.97 Å². The average molecular weight is 471 g/mol. The summed E-state index contributed by atoms with van der Waals surface area (Å²) in [7, 11) is 0. The molecule has 7 heteroatoms. The molecule has 0 saturated carbocycles. The van der Waals surface area contributed by atoms with E-state index in [4.69, 9.17) is 4.74 Å². The number of hydrogen-bond donors (Lipinski definition) is 0. The third-order valence-corrected chi connectivity index (χ3v) is 7.14. The Morgan fingerprint density at radius 3 is 2.59 bits per heavy atom. The van der Waals surface area contributed by atoms with Crippen LogP contribution in [0.4, 0.5) is 17.6 Å². The van der Waals surface area contributed by atoms with Gasteiger partial charge in [0.1, 0.15) is 12.4 Å². The fraction of sp³-hybridized carbons (Fsp3) is 0.407. The first-order chi connectivity index (χ1) is 16.0. The highest BCUT2D eigenvalue weighted by atomic mass is 19.4. The van der Waals surface area contributed by atoms with Gasteiger partial charge in [-0.25, -0.2) is 9.37 Å². The average Bonchev–Trinajstić information content (AvgIpc) is 3.26. The van der Waals surface area contributed by atoms with Gasteiger partial charge in [-0.05, 0) is 76.6 Å². The normalized spacial score (nSPS) is 20.8. The summed E-state index contributed by atoms with van der Waals surface area (Å²) in [4.78, 5) is 8.04. The molecule has 0 bridgehead atoms. The predicted molar refractivity (Wildman–Crippen MR) is 120 cm³/mol. The van der Waals surface area contributed by atoms with Crippen LogP contribution in [0.15, 0.2) is 42.9 Å². The van der Waals surface area contributed by atoms with Crippen LogP contribution in [0.5, 0.6) is 5.88 Å². The van der Waals surface area contributed by atoms with E-state index in [1.807, 2.05) is 26.1 Å². The molecule has 2 aliphatic rings. The van der Waals surface area contributed by atoms with Gasteiger partial charge >= 0.3 is 6.18 Å². The summed E-state index contributed by atoms with van der Waals surface area (Å²) in [6.07, 6.45) is 1.95. The van der Waals surface area contributed by atoms with E-state index in [2.05, 4.69) is 16.9 Å². The Labute approximate surface area is 196 Å². The second kappa shape index (κ2) is 8.07. The topological polar surface area (TPSA) is 35.0 Å². The van der Waals surface area contributed by atoms with E-state index in [9.17, 15) is 13.2 Å². The molecule has 0 saturated heterocycles. The van der Waals surface area contributed by atoms with Crippen molar-refractivity contribution in [1.29, 1.82) is 0 Å². The number of aromatic nitrogens is 2. The van der Waals surface area contributed by atoms with Crippen LogP contribution in [0.2, 0.25) is 0 Å². The zero-order chi connectivity index (χ0) is 24.3. The molecule has 0 spiro atoms. The maximum atomic E-state index is 15.1. The van der Waals surface area contributed by atoms with Crippen LogP contribution in [0.25, 0.3) is 0 Å². The molecular formula is C27H26F4N2O. The Bertz CT molecular complexity index is 1250. The van der Waals surface area contributed by atoms with E-state index in [1.54, 1.807) is 6.07 Å². The van der Waals surface area contributed by atoms with Crippen molar-refractivity contribution in [2.45, 2.75) is 64.1 Å². The van der Waals surface area contributed by atoms with Gasteiger partial charge in [-0.1, -0.05) is 20.8 Å². The van der Waals surface area contributed by atoms with E-state index in [0.29, 0.717) is 29.3 Å². The standard InChI is InChI=1S/C27H26F4N2O/c1-15-6-16-9-25(33-12-17(16)7-15)34-14-18-8-20-21(11-26(2,3)22(20)10-24(18)28)19-4-5-32-13-23(19)27(29,30)31/h4-5,8-10,12-13,15,21H,6-7,11,14H2,1-3H3. The van der Waals surface area contributed by atoms with Crippen molar-refractivity contribution in [2.24, 2.45) is 5.92 Å². The number of pyridine rings is 2. The van der Waals surface area contributed by atoms with Gasteiger partial charge in [0.25, 0.3) is 0 Å². The van der Waals surface area contributed by atoms with Gasteiger partial charge in [0, 0.05) is 36.1 Å². The molecule has 2 heterocycles. The number of alkyl halides is 3. The van der Waals surface area contributed by atoms with Crippen molar-refractivity contribution in [3.63, 3.8) is 0 Å². The highest BCUT2D eigenvalue weighted by Crippen LogP contribution is 2.51. The first kappa shape index (κ1) is 22.8. The first-order valence-corrected chi connectivity index (χ1v) is 11.5. The number of ether oxygens (including phenoxy) is 1. The third kappa shape index (κ3) is 4.05. The van der Waals surface area contributed by atoms with Crippen LogP contribution in [-0.4, -0.2) is 9.97 Å². The van der Waals surface area contributed by atoms with E-state index >= 15 is 4.39 Å². The largest absolute Gasteiger partial charge is 0.473 e. The Hall–Kier alpha value is -2.96. The zero-order valence-corrected chi connectivity index (χ0v) is 19.3. The fourth-order valence-electron chi connectivity index (χ4n) is 5.51. The molecule has 5 rings (SSSR count). The Balaban J connectivity index is 1.48. The lowest BCUT2D eigenvalue weighted by Gasteiger charge is -2.21. The van der Waals surface area contributed by atoms with Gasteiger partial charge in [0.05, 0.1) is 5.56 Å². The van der Waals surface area contributed by atoms with Crippen molar-refractivity contribution in [3.8, 4) is 5.88 Å². The molecule has 0 radical (unpaired) electrons. The van der Waals surface area contributed by atoms with Gasteiger partial charge in [-0.2, -0.15) is 13.2 Å². The zero-order valence-electron chi connectivity index (χ0n) is 19.3. The summed E-state index contributed by atoms with van der Waals surface area (Å²) in [6.45, 7) is 6.01. The fourth-order valence-corrected chi connectivity index (χ4v) is 5.51. The number of rotatable bonds is 4. The monoisotopic (exact) mass is 470 g/mol. The molecule has 2 unspecified atom stereocenters. The van der Waals surface area contributed by atoms with Crippen LogP contribution >= 0.6 is 0 Å². The van der Waals surface area contributed by atoms with Crippen molar-refractivity contribution >= 4 is 0 Å². The smallest absolute Gasteiger partial charge is 0.418 e. The minimum Gasteiger partial charge on any atom is -0.473 e. The van der Waals surface area contributed by atoms with E-state index < -0.39 is 28.9 Å². The summed E-state index contributed by atoms with van der Waals surface area (Å²) in [5, 5.41) is 0. The third-order valence-electron chi connectivity index (χ3n) is 7.14. The van der Waals surface area contributed by atoms with E-state index in [0.717, 1.165) is 24.6 Å². The molecule has 34 heavy (non-hydrogen) atoms. The molecule has 3 nitrogen and oxygen atoms in total. The minimum absolute atomic E-state index is 0.0456. The number of halogens is 4. The Morgan fingerprint density at radius 1 is 1.06 bits per heavy atom. The van der Waals surface area contributed by atoms with Crippen molar-refractivity contribution in [3.05, 3.63) is 87.6 Å². The van der Waals surface area contributed by atoms with Crippen LogP contribution < -0.4 is 4.74 Å². The van der Waals surface area contributed by atoms with Crippen LogP contribution in [0.3, 0.4) is 0 Å². The number of benzene rings is 1. The molecule has 2 aliphatic carbocycles. The molecule has 0 fully saturated rings. The second-order valence-electron chi connectivity index (χ2n) is 10.2. The van der Waals surface area contributed by atoms with Gasteiger partial charge in [-0.15, -0.1) is 0 Å². The Morgan fingerprint density at radius 2 is 1.82 bits per heavy atom. The van der Waals surface area contributed by atoms with Crippen LogP contribution in [0, 0.1) is 11.7 Å². The summed E-state index contributed by atoms with van der Waals surface area (Å²) >= 11 is 0. The van der Waals surface area contributed by atoms with Crippen LogP contribution in [0.1, 0.15) is 72.1 Å². The maximum absolute atomic E-state index is 15.1. The summed E-state index contributed by atoms with van der Waals surface area (Å²) in [5.74, 6) is 0.0611. The summed E-state index contributed by atoms with van der Waals surface area (Å²) < 4.78 is 62.0. The predicted octanol–water partition coefficient (Wildman–Crippen LogP) is 6.76. The Kier molecular flexibility index (Phi) is 5.41. The molecule has 2 atom stereocenters. The SMILES string of the molecule is CC1Cc2cnc(OCc3cc4c(cc3F)C(C)(C)CC4c3ccncc3C(F)(F)F)cc2C1. The molecule has 0 N–H and O–H groups in total. The summed E-state index contributed by atoms with van der Waals surface area (Å²) in [6, 6.07) is 6.46. The molecule has 178 valence electrons. The second-order valence-corrected chi connectivity index (χ2v) is 10.2. The molecule has 2 aromatic heterocycles. The van der Waals surface area contributed by atoms with Crippen molar-refractivity contribution < 1.29 is 22.3 Å². The maximum Gasteiger partial charge on any atom is 0.418 e. The first-order valence-electron chi connectivity index (χ1n) is 11.5. The number of nitrogens with zero attached hydrogens (tertiary/aromatic N) is 2. The number of fused-ring (bicyclic) bond motifs is 2. The van der Waals surface area contributed by atoms with Gasteiger partial charge in [-0.3, -0.25) is 4.98 Å². The van der Waals surface area contributed by atoms with E-state index in [1.165, 1.54) is 29.5 Å². The lowest BCUT2D eigenvalue weighted by atomic mass is 9.84. The highest BCUT2D eigenvalue weighted by molar-refractivity contribution is 5.51. The minimum atomic E-state index is -4.51.